The van der Waals surface area contributed by atoms with E-state index in [4.69, 9.17) is 4.74 Å². The molecule has 2 bridgehead atoms. The molecule has 7 aliphatic rings. The molecular weight excluding hydrogens is 418 g/mol. The van der Waals surface area contributed by atoms with Crippen molar-refractivity contribution >= 4 is 11.7 Å². The second-order valence-electron chi connectivity index (χ2n) is 12.6. The number of rotatable bonds is 1. The van der Waals surface area contributed by atoms with E-state index in [0.29, 0.717) is 52.0 Å². The minimum atomic E-state index is -0.919. The number of hydrogen-bond acceptors (Lipinski definition) is 5. The zero-order valence-corrected chi connectivity index (χ0v) is 19.7. The summed E-state index contributed by atoms with van der Waals surface area (Å²) in [5.41, 5.74) is -0.635. The number of morpholine rings is 1. The molecule has 0 aromatic rings. The Morgan fingerprint density at radius 3 is 2.67 bits per heavy atom. The predicted octanol–water partition coefficient (Wildman–Crippen LogP) is 2.25. The normalized spacial score (nSPS) is 56.1. The summed E-state index contributed by atoms with van der Waals surface area (Å²) in [6.45, 7) is 10.8. The number of aliphatic hydroxyl groups excluding tert-OH is 1. The number of carbonyl (C=O) groups is 2. The van der Waals surface area contributed by atoms with Gasteiger partial charge in [-0.3, -0.25) is 9.59 Å². The number of aliphatic hydroxyl groups is 2. The lowest BCUT2D eigenvalue weighted by Crippen LogP contribution is -2.80. The molecule has 2 N–H and O–H groups in total. The van der Waals surface area contributed by atoms with Crippen LogP contribution in [0.25, 0.3) is 0 Å². The average Bonchev–Trinajstić information content (AvgIpc) is 3.17. The third kappa shape index (κ3) is 1.89. The first-order valence-corrected chi connectivity index (χ1v) is 12.8. The fourth-order valence-electron chi connectivity index (χ4n) is 10.3. The third-order valence-electron chi connectivity index (χ3n) is 12.2. The van der Waals surface area contributed by atoms with Crippen molar-refractivity contribution in [2.24, 2.45) is 39.4 Å². The maximum atomic E-state index is 14.4. The first-order chi connectivity index (χ1) is 15.6. The number of carbonyl (C=O) groups excluding carboxylic acids is 2. The number of ketones is 1. The lowest BCUT2D eigenvalue weighted by Gasteiger charge is -2.74. The summed E-state index contributed by atoms with van der Waals surface area (Å²) in [7, 11) is 0. The van der Waals surface area contributed by atoms with Crippen LogP contribution in [-0.2, 0) is 14.3 Å². The van der Waals surface area contributed by atoms with Crippen molar-refractivity contribution in [2.75, 3.05) is 26.3 Å². The predicted molar refractivity (Wildman–Crippen MR) is 120 cm³/mol. The molecule has 1 amide bonds. The highest BCUT2D eigenvalue weighted by atomic mass is 16.5. The van der Waals surface area contributed by atoms with Gasteiger partial charge in [0.25, 0.3) is 0 Å². The molecule has 6 heteroatoms. The minimum absolute atomic E-state index is 0.0714. The number of ether oxygens (including phenoxy) is 1. The van der Waals surface area contributed by atoms with E-state index in [9.17, 15) is 19.8 Å². The van der Waals surface area contributed by atoms with Crippen LogP contribution in [0.4, 0.5) is 0 Å². The van der Waals surface area contributed by atoms with Crippen LogP contribution >= 0.6 is 0 Å². The van der Waals surface area contributed by atoms with Crippen molar-refractivity contribution < 1.29 is 24.5 Å². The summed E-state index contributed by atoms with van der Waals surface area (Å²) >= 11 is 0. The molecule has 1 saturated heterocycles. The van der Waals surface area contributed by atoms with Gasteiger partial charge in [-0.15, -0.1) is 0 Å². The van der Waals surface area contributed by atoms with Gasteiger partial charge in [0, 0.05) is 35.8 Å². The SMILES string of the molecule is C=C1C[C@]23C[C@@]1(O)CCC2(C)C1=CC[C@@]24C(O)CC2C(=O)[C@@]4(C)[C@H]1[C@@H]3C(=O)N1CCOCC1. The summed E-state index contributed by atoms with van der Waals surface area (Å²) in [6, 6.07) is 0. The lowest BCUT2D eigenvalue weighted by molar-refractivity contribution is -0.265. The van der Waals surface area contributed by atoms with Crippen LogP contribution in [0.15, 0.2) is 23.8 Å². The summed E-state index contributed by atoms with van der Waals surface area (Å²) < 4.78 is 5.53. The van der Waals surface area contributed by atoms with E-state index in [1.807, 2.05) is 4.90 Å². The summed E-state index contributed by atoms with van der Waals surface area (Å²) in [6.07, 6.45) is 5.77. The Hall–Kier alpha value is -1.50. The Morgan fingerprint density at radius 2 is 1.97 bits per heavy atom. The van der Waals surface area contributed by atoms with Gasteiger partial charge in [0.15, 0.2) is 0 Å². The summed E-state index contributed by atoms with van der Waals surface area (Å²) in [5.74, 6) is -0.302. The molecule has 0 aromatic carbocycles. The van der Waals surface area contributed by atoms with E-state index >= 15 is 0 Å². The molecular formula is C27H35NO5. The Bertz CT molecular complexity index is 1050. The Labute approximate surface area is 195 Å². The van der Waals surface area contributed by atoms with Crippen LogP contribution in [0.5, 0.6) is 0 Å². The molecule has 6 fully saturated rings. The topological polar surface area (TPSA) is 87.1 Å². The van der Waals surface area contributed by atoms with Gasteiger partial charge in [0.2, 0.25) is 5.91 Å². The van der Waals surface area contributed by atoms with Gasteiger partial charge < -0.3 is 19.8 Å². The molecule has 5 saturated carbocycles. The molecule has 33 heavy (non-hydrogen) atoms. The van der Waals surface area contributed by atoms with Gasteiger partial charge in [-0.05, 0) is 54.9 Å². The van der Waals surface area contributed by atoms with Crippen molar-refractivity contribution in [3.63, 3.8) is 0 Å². The standard InChI is InChI=1S/C27H35NO5/c1-15-13-25-14-26(15,32)7-6-23(25,2)16-4-5-27-17(12-18(27)29)21(30)24(27,3)19(16)20(25)22(31)28-8-10-33-11-9-28/h4,17-20,29,32H,1,5-14H2,2-3H3/t17?,18?,19-,20-,23?,24-,25-,26+,27+/m1/s1. The fourth-order valence-corrected chi connectivity index (χ4v) is 10.3. The molecule has 2 spiro atoms. The van der Waals surface area contributed by atoms with Gasteiger partial charge in [0.1, 0.15) is 5.78 Å². The third-order valence-corrected chi connectivity index (χ3v) is 12.2. The van der Waals surface area contributed by atoms with Crippen molar-refractivity contribution in [1.82, 2.24) is 4.90 Å². The molecule has 3 unspecified atom stereocenters. The maximum Gasteiger partial charge on any atom is 0.227 e. The quantitative estimate of drug-likeness (QED) is 0.595. The van der Waals surface area contributed by atoms with Crippen LogP contribution in [0.2, 0.25) is 0 Å². The van der Waals surface area contributed by atoms with Crippen molar-refractivity contribution in [3.8, 4) is 0 Å². The fraction of sp³-hybridized carbons (Fsp3) is 0.778. The number of Topliss-reactive ketones (excluding diaryl/α,β-unsaturated/α-hetero) is 1. The van der Waals surface area contributed by atoms with Gasteiger partial charge in [-0.25, -0.2) is 0 Å². The van der Waals surface area contributed by atoms with E-state index in [0.717, 1.165) is 18.4 Å². The van der Waals surface area contributed by atoms with E-state index in [-0.39, 0.29) is 34.9 Å². The van der Waals surface area contributed by atoms with Crippen LogP contribution in [0, 0.1) is 39.4 Å². The molecule has 6 nitrogen and oxygen atoms in total. The molecule has 178 valence electrons. The lowest BCUT2D eigenvalue weighted by atomic mass is 9.28. The zero-order chi connectivity index (χ0) is 23.2. The molecule has 0 radical (unpaired) electrons. The molecule has 9 atom stereocenters. The maximum absolute atomic E-state index is 14.4. The highest BCUT2D eigenvalue weighted by molar-refractivity contribution is 6.00. The first-order valence-electron chi connectivity index (χ1n) is 12.8. The second-order valence-corrected chi connectivity index (χ2v) is 12.6. The molecule has 6 aliphatic carbocycles. The van der Waals surface area contributed by atoms with Crippen molar-refractivity contribution in [2.45, 2.75) is 64.1 Å². The zero-order valence-electron chi connectivity index (χ0n) is 19.7. The van der Waals surface area contributed by atoms with Gasteiger partial charge in [-0.2, -0.15) is 0 Å². The van der Waals surface area contributed by atoms with E-state index in [1.165, 1.54) is 5.57 Å². The van der Waals surface area contributed by atoms with Crippen LogP contribution in [0.1, 0.15) is 52.4 Å². The molecule has 7 rings (SSSR count). The first kappa shape index (κ1) is 20.8. The number of allylic oxidation sites excluding steroid dienone is 2. The van der Waals surface area contributed by atoms with Crippen LogP contribution in [0.3, 0.4) is 0 Å². The van der Waals surface area contributed by atoms with E-state index in [2.05, 4.69) is 26.5 Å². The minimum Gasteiger partial charge on any atom is -0.392 e. The van der Waals surface area contributed by atoms with Crippen LogP contribution < -0.4 is 0 Å². The Morgan fingerprint density at radius 1 is 1.24 bits per heavy atom. The van der Waals surface area contributed by atoms with Gasteiger partial charge in [0.05, 0.1) is 30.8 Å². The van der Waals surface area contributed by atoms with Gasteiger partial charge >= 0.3 is 0 Å². The average molecular weight is 454 g/mol. The Kier molecular flexibility index (Phi) is 3.68. The highest BCUT2D eigenvalue weighted by Crippen LogP contribution is 2.84. The smallest absolute Gasteiger partial charge is 0.227 e. The monoisotopic (exact) mass is 453 g/mol. The summed E-state index contributed by atoms with van der Waals surface area (Å²) in [4.78, 5) is 30.0. The molecule has 1 aliphatic heterocycles. The van der Waals surface area contributed by atoms with Crippen molar-refractivity contribution in [3.05, 3.63) is 23.8 Å². The second kappa shape index (κ2) is 5.83. The number of hydrogen-bond donors (Lipinski definition) is 2. The Balaban J connectivity index is 1.44. The van der Waals surface area contributed by atoms with Gasteiger partial charge in [-0.1, -0.05) is 32.1 Å². The molecule has 0 aromatic heterocycles. The number of amides is 1. The van der Waals surface area contributed by atoms with Crippen LogP contribution in [-0.4, -0.2) is 64.8 Å². The molecule has 1 heterocycles. The number of nitrogens with zero attached hydrogens (tertiary/aromatic N) is 1. The van der Waals surface area contributed by atoms with Crippen molar-refractivity contribution in [1.29, 1.82) is 0 Å². The summed E-state index contributed by atoms with van der Waals surface area (Å²) in [5, 5.41) is 22.5. The largest absolute Gasteiger partial charge is 0.392 e. The van der Waals surface area contributed by atoms with E-state index in [1.54, 1.807) is 0 Å². The highest BCUT2D eigenvalue weighted by Gasteiger charge is 2.86. The number of fused-ring (bicyclic) bond motifs is 4. The van der Waals surface area contributed by atoms with E-state index < -0.39 is 27.9 Å².